The van der Waals surface area contributed by atoms with Gasteiger partial charge in [0.1, 0.15) is 0 Å². The highest BCUT2D eigenvalue weighted by atomic mass is 31.2. The van der Waals surface area contributed by atoms with Crippen LogP contribution >= 0.6 is 7.37 Å². The van der Waals surface area contributed by atoms with Crippen molar-refractivity contribution in [3.63, 3.8) is 0 Å². The van der Waals surface area contributed by atoms with E-state index in [9.17, 15) is 4.57 Å². The minimum absolute atomic E-state index is 0.349. The first-order valence-electron chi connectivity index (χ1n) is 8.67. The summed E-state index contributed by atoms with van der Waals surface area (Å²) in [7, 11) is -3.08. The molecule has 0 atom stereocenters. The molecule has 25 heavy (non-hydrogen) atoms. The standard InChI is InChI=1S/C22H27O2P/c1-19(2)11-10-12-20(3)17-18-24-25(23,21-13-6-4-7-14-21)22-15-8-5-9-16-22/h4-9,11,13-17H,10,12,18H2,1-3H3/b20-17+. The van der Waals surface area contributed by atoms with E-state index in [1.54, 1.807) is 0 Å². The van der Waals surface area contributed by atoms with Gasteiger partial charge in [-0.25, -0.2) is 0 Å². The molecule has 0 aliphatic heterocycles. The second-order valence-electron chi connectivity index (χ2n) is 6.39. The molecule has 0 amide bonds. The number of hydrogen-bond donors (Lipinski definition) is 0. The normalized spacial score (nSPS) is 12.0. The SMILES string of the molecule is CC(C)=CCC/C(C)=C/COP(=O)(c1ccccc1)c1ccccc1. The van der Waals surface area contributed by atoms with Crippen LogP contribution in [0.1, 0.15) is 33.6 Å². The fourth-order valence-electron chi connectivity index (χ4n) is 2.52. The second kappa shape index (κ2) is 9.56. The highest BCUT2D eigenvalue weighted by molar-refractivity contribution is 7.74. The van der Waals surface area contributed by atoms with Gasteiger partial charge in [-0.2, -0.15) is 0 Å². The zero-order valence-electron chi connectivity index (χ0n) is 15.3. The van der Waals surface area contributed by atoms with Crippen molar-refractivity contribution in [3.8, 4) is 0 Å². The Balaban J connectivity index is 2.13. The minimum atomic E-state index is -3.08. The first kappa shape index (κ1) is 19.4. The lowest BCUT2D eigenvalue weighted by Crippen LogP contribution is -2.18. The van der Waals surface area contributed by atoms with Gasteiger partial charge in [0.25, 0.3) is 7.37 Å². The van der Waals surface area contributed by atoms with Gasteiger partial charge < -0.3 is 4.52 Å². The second-order valence-corrected chi connectivity index (χ2v) is 8.78. The van der Waals surface area contributed by atoms with Crippen molar-refractivity contribution in [2.24, 2.45) is 0 Å². The molecule has 132 valence electrons. The summed E-state index contributed by atoms with van der Waals surface area (Å²) in [4.78, 5) is 0. The number of hydrogen-bond acceptors (Lipinski definition) is 2. The topological polar surface area (TPSA) is 26.3 Å². The fourth-order valence-corrected chi connectivity index (χ4v) is 4.53. The van der Waals surface area contributed by atoms with Crippen molar-refractivity contribution >= 4 is 18.0 Å². The molecule has 0 spiro atoms. The van der Waals surface area contributed by atoms with Crippen molar-refractivity contribution < 1.29 is 9.09 Å². The molecule has 3 heteroatoms. The lowest BCUT2D eigenvalue weighted by atomic mass is 10.1. The average molecular weight is 354 g/mol. The molecule has 2 rings (SSSR count). The first-order chi connectivity index (χ1) is 12.0. The molecule has 0 aromatic heterocycles. The summed E-state index contributed by atoms with van der Waals surface area (Å²) in [6.07, 6.45) is 6.30. The monoisotopic (exact) mass is 354 g/mol. The van der Waals surface area contributed by atoms with Gasteiger partial charge in [-0.15, -0.1) is 0 Å². The summed E-state index contributed by atoms with van der Waals surface area (Å²) in [5.41, 5.74) is 2.59. The molecule has 0 aliphatic rings. The number of rotatable bonds is 8. The molecule has 0 heterocycles. The van der Waals surface area contributed by atoms with E-state index >= 15 is 0 Å². The smallest absolute Gasteiger partial charge is 0.261 e. The van der Waals surface area contributed by atoms with Crippen LogP contribution in [0.5, 0.6) is 0 Å². The molecular formula is C22H27O2P. The summed E-state index contributed by atoms with van der Waals surface area (Å²) < 4.78 is 19.6. The molecule has 2 aromatic carbocycles. The van der Waals surface area contributed by atoms with E-state index in [0.29, 0.717) is 6.61 Å². The lowest BCUT2D eigenvalue weighted by Gasteiger charge is -2.18. The maximum absolute atomic E-state index is 13.6. The van der Waals surface area contributed by atoms with Crippen LogP contribution in [0, 0.1) is 0 Å². The van der Waals surface area contributed by atoms with Crippen LogP contribution in [0.2, 0.25) is 0 Å². The summed E-state index contributed by atoms with van der Waals surface area (Å²) >= 11 is 0. The molecular weight excluding hydrogens is 327 g/mol. The molecule has 0 saturated carbocycles. The maximum Gasteiger partial charge on any atom is 0.261 e. The van der Waals surface area contributed by atoms with Gasteiger partial charge in [-0.3, -0.25) is 4.57 Å². The minimum Gasteiger partial charge on any atom is -0.318 e. The fraction of sp³-hybridized carbons (Fsp3) is 0.273. The highest BCUT2D eigenvalue weighted by Gasteiger charge is 2.27. The van der Waals surface area contributed by atoms with Gasteiger partial charge in [-0.1, -0.05) is 59.7 Å². The van der Waals surface area contributed by atoms with Gasteiger partial charge in [0, 0.05) is 10.6 Å². The molecule has 0 bridgehead atoms. The van der Waals surface area contributed by atoms with E-state index in [1.165, 1.54) is 11.1 Å². The summed E-state index contributed by atoms with van der Waals surface area (Å²) in [5.74, 6) is 0. The predicted octanol–water partition coefficient (Wildman–Crippen LogP) is 5.62. The van der Waals surface area contributed by atoms with Crippen LogP contribution in [-0.4, -0.2) is 6.61 Å². The number of allylic oxidation sites excluding steroid dienone is 3. The van der Waals surface area contributed by atoms with Gasteiger partial charge in [0.2, 0.25) is 0 Å². The average Bonchev–Trinajstić information content (AvgIpc) is 2.62. The molecule has 0 N–H and O–H groups in total. The van der Waals surface area contributed by atoms with Crippen LogP contribution in [0.15, 0.2) is 84.0 Å². The van der Waals surface area contributed by atoms with Crippen LogP contribution in [0.25, 0.3) is 0 Å². The predicted molar refractivity (Wildman–Crippen MR) is 108 cm³/mol. The van der Waals surface area contributed by atoms with Crippen LogP contribution in [0.4, 0.5) is 0 Å². The third-order valence-electron chi connectivity index (χ3n) is 3.97. The largest absolute Gasteiger partial charge is 0.318 e. The molecule has 2 nitrogen and oxygen atoms in total. The van der Waals surface area contributed by atoms with Gasteiger partial charge in [-0.05, 0) is 57.9 Å². The van der Waals surface area contributed by atoms with Crippen molar-refractivity contribution in [2.75, 3.05) is 6.61 Å². The zero-order chi connectivity index (χ0) is 18.1. The molecule has 2 aromatic rings. The van der Waals surface area contributed by atoms with Crippen molar-refractivity contribution in [2.45, 2.75) is 33.6 Å². The molecule has 0 radical (unpaired) electrons. The Morgan fingerprint density at radius 1 is 0.880 bits per heavy atom. The molecule has 0 aliphatic carbocycles. The van der Waals surface area contributed by atoms with Gasteiger partial charge in [0.05, 0.1) is 6.61 Å². The molecule has 0 unspecified atom stereocenters. The van der Waals surface area contributed by atoms with Crippen molar-refractivity contribution in [3.05, 3.63) is 84.0 Å². The van der Waals surface area contributed by atoms with E-state index in [0.717, 1.165) is 23.5 Å². The Hall–Kier alpha value is -1.89. The molecule has 0 fully saturated rings. The van der Waals surface area contributed by atoms with E-state index in [4.69, 9.17) is 4.52 Å². The van der Waals surface area contributed by atoms with Crippen molar-refractivity contribution in [1.82, 2.24) is 0 Å². The van der Waals surface area contributed by atoms with E-state index in [2.05, 4.69) is 26.8 Å². The van der Waals surface area contributed by atoms with Crippen LogP contribution in [0.3, 0.4) is 0 Å². The first-order valence-corrected chi connectivity index (χ1v) is 10.3. The quantitative estimate of drug-likeness (QED) is 0.454. The zero-order valence-corrected chi connectivity index (χ0v) is 16.2. The van der Waals surface area contributed by atoms with Crippen molar-refractivity contribution in [1.29, 1.82) is 0 Å². The number of benzene rings is 2. The highest BCUT2D eigenvalue weighted by Crippen LogP contribution is 2.44. The third-order valence-corrected chi connectivity index (χ3v) is 6.44. The summed E-state index contributed by atoms with van der Waals surface area (Å²) in [6.45, 7) is 6.66. The van der Waals surface area contributed by atoms with E-state index in [-0.39, 0.29) is 0 Å². The Bertz CT molecular complexity index is 714. The Morgan fingerprint density at radius 3 is 1.88 bits per heavy atom. The molecule has 0 saturated heterocycles. The van der Waals surface area contributed by atoms with Crippen LogP contribution in [-0.2, 0) is 9.09 Å². The lowest BCUT2D eigenvalue weighted by molar-refractivity contribution is 0.367. The van der Waals surface area contributed by atoms with E-state index in [1.807, 2.05) is 66.7 Å². The van der Waals surface area contributed by atoms with Crippen LogP contribution < -0.4 is 10.6 Å². The Labute approximate surface area is 151 Å². The summed E-state index contributed by atoms with van der Waals surface area (Å²) in [6, 6.07) is 18.9. The Morgan fingerprint density at radius 2 is 1.40 bits per heavy atom. The summed E-state index contributed by atoms with van der Waals surface area (Å²) in [5, 5.41) is 1.47. The van der Waals surface area contributed by atoms with Gasteiger partial charge >= 0.3 is 0 Å². The maximum atomic E-state index is 13.6. The Kier molecular flexibility index (Phi) is 7.43. The third kappa shape index (κ3) is 5.85. The van der Waals surface area contributed by atoms with Gasteiger partial charge in [0.15, 0.2) is 0 Å². The van der Waals surface area contributed by atoms with E-state index < -0.39 is 7.37 Å².